The van der Waals surface area contributed by atoms with Crippen molar-refractivity contribution in [1.29, 1.82) is 0 Å². The highest BCUT2D eigenvalue weighted by atomic mass is 35.5. The van der Waals surface area contributed by atoms with Crippen LogP contribution in [0.5, 0.6) is 11.6 Å². The maximum absolute atomic E-state index is 6.09. The van der Waals surface area contributed by atoms with Crippen molar-refractivity contribution in [3.63, 3.8) is 0 Å². The number of aromatic nitrogens is 1. The fourth-order valence-electron chi connectivity index (χ4n) is 2.06. The molecule has 4 heteroatoms. The van der Waals surface area contributed by atoms with Crippen LogP contribution in [0.3, 0.4) is 0 Å². The summed E-state index contributed by atoms with van der Waals surface area (Å²) in [5.74, 6) is 1.91. The third-order valence-corrected chi connectivity index (χ3v) is 3.90. The monoisotopic (exact) mass is 304 g/mol. The van der Waals surface area contributed by atoms with Gasteiger partial charge in [0.05, 0.1) is 5.02 Å². The van der Waals surface area contributed by atoms with Crippen molar-refractivity contribution in [3.8, 4) is 11.6 Å². The van der Waals surface area contributed by atoms with Crippen LogP contribution in [0.15, 0.2) is 36.5 Å². The van der Waals surface area contributed by atoms with Crippen LogP contribution in [0.4, 0.5) is 0 Å². The van der Waals surface area contributed by atoms with Crippen molar-refractivity contribution in [1.82, 2.24) is 10.3 Å². The first-order valence-corrected chi connectivity index (χ1v) is 7.58. The van der Waals surface area contributed by atoms with E-state index in [9.17, 15) is 0 Å². The van der Waals surface area contributed by atoms with Crippen LogP contribution >= 0.6 is 11.6 Å². The van der Waals surface area contributed by atoms with Crippen molar-refractivity contribution in [2.24, 2.45) is 0 Å². The van der Waals surface area contributed by atoms with Crippen LogP contribution in [0, 0.1) is 0 Å². The summed E-state index contributed by atoms with van der Waals surface area (Å²) in [4.78, 5) is 4.21. The van der Waals surface area contributed by atoms with Gasteiger partial charge in [-0.1, -0.05) is 37.6 Å². The Balaban J connectivity index is 2.12. The van der Waals surface area contributed by atoms with E-state index in [1.54, 1.807) is 6.20 Å². The summed E-state index contributed by atoms with van der Waals surface area (Å²) in [7, 11) is 1.88. The van der Waals surface area contributed by atoms with Crippen LogP contribution in [-0.4, -0.2) is 12.0 Å². The first kappa shape index (κ1) is 15.8. The normalized spacial score (nSPS) is 12.2. The van der Waals surface area contributed by atoms with Gasteiger partial charge in [0.15, 0.2) is 0 Å². The van der Waals surface area contributed by atoms with E-state index < -0.39 is 0 Å². The fraction of sp³-hybridized carbons (Fsp3) is 0.353. The number of ether oxygens (including phenoxy) is 1. The molecule has 1 aromatic carbocycles. The Kier molecular flexibility index (Phi) is 5.59. The Hall–Kier alpha value is -1.58. The van der Waals surface area contributed by atoms with Crippen LogP contribution in [0.2, 0.25) is 5.02 Å². The molecule has 0 aliphatic rings. The van der Waals surface area contributed by atoms with Crippen molar-refractivity contribution in [2.45, 2.75) is 32.7 Å². The average Bonchev–Trinajstić information content (AvgIpc) is 2.51. The second-order valence-electron chi connectivity index (χ2n) is 5.12. The van der Waals surface area contributed by atoms with Crippen molar-refractivity contribution in [3.05, 3.63) is 52.7 Å². The van der Waals surface area contributed by atoms with E-state index >= 15 is 0 Å². The van der Waals surface area contributed by atoms with Gasteiger partial charge >= 0.3 is 0 Å². The molecule has 2 rings (SSSR count). The maximum atomic E-state index is 6.09. The molecule has 0 saturated carbocycles. The summed E-state index contributed by atoms with van der Waals surface area (Å²) in [6.07, 6.45) is 2.75. The van der Waals surface area contributed by atoms with E-state index in [1.165, 1.54) is 5.56 Å². The minimum atomic E-state index is 0.556. The fourth-order valence-corrected chi connectivity index (χ4v) is 2.23. The number of benzene rings is 1. The first-order chi connectivity index (χ1) is 10.1. The summed E-state index contributed by atoms with van der Waals surface area (Å²) in [5.41, 5.74) is 2.30. The van der Waals surface area contributed by atoms with Crippen LogP contribution in [0.1, 0.15) is 37.3 Å². The van der Waals surface area contributed by atoms with E-state index in [2.05, 4.69) is 36.3 Å². The van der Waals surface area contributed by atoms with Gasteiger partial charge in [-0.05, 0) is 42.6 Å². The molecule has 0 radical (unpaired) electrons. The molecule has 1 atom stereocenters. The molecule has 1 aromatic heterocycles. The Morgan fingerprint density at radius 2 is 2.00 bits per heavy atom. The van der Waals surface area contributed by atoms with E-state index in [1.807, 2.05) is 25.2 Å². The maximum Gasteiger partial charge on any atom is 0.219 e. The molecule has 21 heavy (non-hydrogen) atoms. The molecule has 1 heterocycles. The largest absolute Gasteiger partial charge is 0.439 e. The Morgan fingerprint density at radius 3 is 2.62 bits per heavy atom. The Labute approximate surface area is 131 Å². The summed E-state index contributed by atoms with van der Waals surface area (Å²) in [6, 6.07) is 10.0. The van der Waals surface area contributed by atoms with Crippen molar-refractivity contribution in [2.75, 3.05) is 7.05 Å². The smallest absolute Gasteiger partial charge is 0.219 e. The minimum Gasteiger partial charge on any atom is -0.439 e. The van der Waals surface area contributed by atoms with E-state index in [0.717, 1.165) is 17.7 Å². The number of hydrogen-bond donors (Lipinski definition) is 1. The molecule has 2 aromatic rings. The zero-order chi connectivity index (χ0) is 15.2. The van der Waals surface area contributed by atoms with E-state index in [-0.39, 0.29) is 0 Å². The van der Waals surface area contributed by atoms with Gasteiger partial charge in [-0.2, -0.15) is 0 Å². The molecule has 0 saturated heterocycles. The number of pyridine rings is 1. The summed E-state index contributed by atoms with van der Waals surface area (Å²) >= 11 is 6.09. The summed E-state index contributed by atoms with van der Waals surface area (Å²) < 4.78 is 5.79. The number of nitrogens with one attached hydrogen (secondary N) is 1. The Bertz CT molecular complexity index is 584. The molecular weight excluding hydrogens is 284 g/mol. The molecule has 1 unspecified atom stereocenters. The predicted molar refractivity (Wildman–Crippen MR) is 87.2 cm³/mol. The Morgan fingerprint density at radius 1 is 1.29 bits per heavy atom. The van der Waals surface area contributed by atoms with Crippen molar-refractivity contribution < 1.29 is 4.74 Å². The van der Waals surface area contributed by atoms with Gasteiger partial charge < -0.3 is 10.1 Å². The highest BCUT2D eigenvalue weighted by molar-refractivity contribution is 6.31. The van der Waals surface area contributed by atoms with Gasteiger partial charge in [-0.25, -0.2) is 4.98 Å². The highest BCUT2D eigenvalue weighted by Crippen LogP contribution is 2.26. The second-order valence-corrected chi connectivity index (χ2v) is 5.53. The highest BCUT2D eigenvalue weighted by Gasteiger charge is 2.06. The quantitative estimate of drug-likeness (QED) is 0.835. The molecule has 0 spiro atoms. The molecule has 0 aliphatic carbocycles. The van der Waals surface area contributed by atoms with E-state index in [4.69, 9.17) is 16.3 Å². The second kappa shape index (κ2) is 7.43. The molecule has 112 valence electrons. The molecule has 0 bridgehead atoms. The lowest BCUT2D eigenvalue weighted by Crippen LogP contribution is -2.06. The molecule has 1 N–H and O–H groups in total. The summed E-state index contributed by atoms with van der Waals surface area (Å²) in [5, 5.41) is 3.72. The molecule has 0 aliphatic heterocycles. The number of rotatable bonds is 6. The zero-order valence-electron chi connectivity index (χ0n) is 12.7. The van der Waals surface area contributed by atoms with Crippen LogP contribution in [0.25, 0.3) is 0 Å². The van der Waals surface area contributed by atoms with Gasteiger partial charge in [0.1, 0.15) is 5.75 Å². The third kappa shape index (κ3) is 4.19. The van der Waals surface area contributed by atoms with Crippen molar-refractivity contribution >= 4 is 11.6 Å². The lowest BCUT2D eigenvalue weighted by atomic mass is 9.99. The minimum absolute atomic E-state index is 0.556. The lowest BCUT2D eigenvalue weighted by molar-refractivity contribution is 0.461. The van der Waals surface area contributed by atoms with Gasteiger partial charge in [0.25, 0.3) is 0 Å². The van der Waals surface area contributed by atoms with Gasteiger partial charge in [-0.15, -0.1) is 0 Å². The number of nitrogens with zero attached hydrogens (tertiary/aromatic N) is 1. The first-order valence-electron chi connectivity index (χ1n) is 7.20. The molecular formula is C17H21ClN2O. The van der Waals surface area contributed by atoms with Gasteiger partial charge in [0, 0.05) is 18.8 Å². The molecule has 3 nitrogen and oxygen atoms in total. The zero-order valence-corrected chi connectivity index (χ0v) is 13.4. The predicted octanol–water partition coefficient (Wildman–Crippen LogP) is 4.76. The van der Waals surface area contributed by atoms with Gasteiger partial charge in [-0.3, -0.25) is 0 Å². The molecule has 0 fully saturated rings. The summed E-state index contributed by atoms with van der Waals surface area (Å²) in [6.45, 7) is 5.10. The number of halogens is 1. The van der Waals surface area contributed by atoms with Gasteiger partial charge in [0.2, 0.25) is 5.88 Å². The standard InChI is InChI=1S/C17H21ClN2O/c1-4-12(2)13-5-7-15(8-6-13)21-17-9-14(10-19-3)16(18)11-20-17/h5-9,11-12,19H,4,10H2,1-3H3. The lowest BCUT2D eigenvalue weighted by Gasteiger charge is -2.11. The van der Waals surface area contributed by atoms with E-state index in [0.29, 0.717) is 23.4 Å². The number of hydrogen-bond acceptors (Lipinski definition) is 3. The van der Waals surface area contributed by atoms with Crippen LogP contribution < -0.4 is 10.1 Å². The third-order valence-electron chi connectivity index (χ3n) is 3.56. The molecule has 0 amide bonds. The topological polar surface area (TPSA) is 34.1 Å². The SMILES string of the molecule is CCC(C)c1ccc(Oc2cc(CNC)c(Cl)cn2)cc1. The van der Waals surface area contributed by atoms with Crippen LogP contribution in [-0.2, 0) is 6.54 Å². The average molecular weight is 305 g/mol.